The fourth-order valence-electron chi connectivity index (χ4n) is 1.86. The number of hydrogen-bond acceptors (Lipinski definition) is 3. The van der Waals surface area contributed by atoms with Crippen LogP contribution in [0.15, 0.2) is 47.4 Å². The van der Waals surface area contributed by atoms with E-state index in [2.05, 4.69) is 10.6 Å². The summed E-state index contributed by atoms with van der Waals surface area (Å²) in [5.41, 5.74) is 0.166. The van der Waals surface area contributed by atoms with Crippen molar-refractivity contribution in [3.05, 3.63) is 54.1 Å². The van der Waals surface area contributed by atoms with Crippen LogP contribution in [0.25, 0.3) is 0 Å². The first-order valence-electron chi connectivity index (χ1n) is 7.02. The zero-order valence-electron chi connectivity index (χ0n) is 12.7. The van der Waals surface area contributed by atoms with Gasteiger partial charge in [-0.05, 0) is 24.3 Å². The molecule has 2 aromatic rings. The molecule has 2 N–H and O–H groups in total. The number of nitrogens with one attached hydrogen (secondary N) is 2. The SMILES string of the molecule is O=C(CNc1ccccc1SCC(F)(F)F)Nc1ccc(F)cc1F. The smallest absolute Gasteiger partial charge is 0.375 e. The quantitative estimate of drug-likeness (QED) is 0.569. The van der Waals surface area contributed by atoms with Gasteiger partial charge < -0.3 is 10.6 Å². The summed E-state index contributed by atoms with van der Waals surface area (Å²) in [6, 6.07) is 8.92. The van der Waals surface area contributed by atoms with Gasteiger partial charge in [0.05, 0.1) is 18.0 Å². The predicted octanol–water partition coefficient (Wildman–Crippen LogP) is 4.67. The Labute approximate surface area is 144 Å². The highest BCUT2D eigenvalue weighted by molar-refractivity contribution is 7.99. The molecule has 0 aliphatic rings. The number of carbonyl (C=O) groups excluding carboxylic acids is 1. The van der Waals surface area contributed by atoms with Crippen molar-refractivity contribution in [1.82, 2.24) is 0 Å². The second-order valence-electron chi connectivity index (χ2n) is 4.93. The maximum Gasteiger partial charge on any atom is 0.398 e. The number of benzene rings is 2. The van der Waals surface area contributed by atoms with Crippen molar-refractivity contribution in [2.24, 2.45) is 0 Å². The molecule has 2 rings (SSSR count). The minimum absolute atomic E-state index is 0.187. The van der Waals surface area contributed by atoms with Gasteiger partial charge in [0.15, 0.2) is 0 Å². The summed E-state index contributed by atoms with van der Waals surface area (Å²) in [7, 11) is 0. The van der Waals surface area contributed by atoms with Gasteiger partial charge in [-0.3, -0.25) is 4.79 Å². The molecule has 3 nitrogen and oxygen atoms in total. The third kappa shape index (κ3) is 6.26. The van der Waals surface area contributed by atoms with Crippen molar-refractivity contribution < 1.29 is 26.7 Å². The average Bonchev–Trinajstić information content (AvgIpc) is 2.53. The highest BCUT2D eigenvalue weighted by atomic mass is 32.2. The third-order valence-electron chi connectivity index (χ3n) is 2.92. The maximum atomic E-state index is 13.5. The van der Waals surface area contributed by atoms with Crippen LogP contribution in [-0.4, -0.2) is 24.4 Å². The maximum absolute atomic E-state index is 13.5. The van der Waals surface area contributed by atoms with Gasteiger partial charge in [0.1, 0.15) is 11.6 Å². The molecule has 0 radical (unpaired) electrons. The molecule has 0 saturated carbocycles. The van der Waals surface area contributed by atoms with Gasteiger partial charge >= 0.3 is 6.18 Å². The van der Waals surface area contributed by atoms with Crippen LogP contribution in [0.3, 0.4) is 0 Å². The van der Waals surface area contributed by atoms with Crippen molar-refractivity contribution in [2.75, 3.05) is 22.9 Å². The summed E-state index contributed by atoms with van der Waals surface area (Å²) in [4.78, 5) is 12.2. The molecule has 134 valence electrons. The predicted molar refractivity (Wildman–Crippen MR) is 86.7 cm³/mol. The van der Waals surface area contributed by atoms with E-state index < -0.39 is 29.5 Å². The van der Waals surface area contributed by atoms with E-state index in [0.717, 1.165) is 12.1 Å². The van der Waals surface area contributed by atoms with E-state index in [4.69, 9.17) is 0 Å². The summed E-state index contributed by atoms with van der Waals surface area (Å²) in [6.45, 7) is -0.291. The number of alkyl halides is 3. The Bertz CT molecular complexity index is 752. The normalized spacial score (nSPS) is 11.2. The summed E-state index contributed by atoms with van der Waals surface area (Å²) in [5.74, 6) is -3.38. The van der Waals surface area contributed by atoms with E-state index in [-0.39, 0.29) is 12.2 Å². The minimum atomic E-state index is -4.31. The Balaban J connectivity index is 1.95. The molecular formula is C16H13F5N2OS. The van der Waals surface area contributed by atoms with Crippen LogP contribution in [0.1, 0.15) is 0 Å². The second-order valence-corrected chi connectivity index (χ2v) is 5.94. The molecule has 0 aliphatic heterocycles. The van der Waals surface area contributed by atoms with E-state index in [9.17, 15) is 26.7 Å². The van der Waals surface area contributed by atoms with Gasteiger partial charge in [-0.15, -0.1) is 11.8 Å². The first kappa shape index (κ1) is 19.0. The lowest BCUT2D eigenvalue weighted by molar-refractivity contribution is -0.114. The van der Waals surface area contributed by atoms with Crippen LogP contribution in [-0.2, 0) is 4.79 Å². The van der Waals surface area contributed by atoms with Crippen molar-refractivity contribution in [1.29, 1.82) is 0 Å². The van der Waals surface area contributed by atoms with Gasteiger partial charge in [0, 0.05) is 16.6 Å². The van der Waals surface area contributed by atoms with Gasteiger partial charge in [-0.1, -0.05) is 12.1 Å². The molecule has 2 aromatic carbocycles. The zero-order valence-corrected chi connectivity index (χ0v) is 13.5. The number of hydrogen-bond donors (Lipinski definition) is 2. The number of rotatable bonds is 6. The third-order valence-corrected chi connectivity index (χ3v) is 4.06. The minimum Gasteiger partial charge on any atom is -0.375 e. The summed E-state index contributed by atoms with van der Waals surface area (Å²) in [5, 5.41) is 4.96. The first-order valence-corrected chi connectivity index (χ1v) is 8.00. The highest BCUT2D eigenvalue weighted by Gasteiger charge is 2.27. The van der Waals surface area contributed by atoms with Crippen molar-refractivity contribution in [3.8, 4) is 0 Å². The highest BCUT2D eigenvalue weighted by Crippen LogP contribution is 2.32. The lowest BCUT2D eigenvalue weighted by Gasteiger charge is -2.13. The molecule has 1 amide bonds. The second kappa shape index (κ2) is 8.19. The molecule has 0 saturated heterocycles. The van der Waals surface area contributed by atoms with Crippen LogP contribution in [0.5, 0.6) is 0 Å². The summed E-state index contributed by atoms with van der Waals surface area (Å²) in [6.07, 6.45) is -4.31. The topological polar surface area (TPSA) is 41.1 Å². The molecule has 0 heterocycles. The lowest BCUT2D eigenvalue weighted by Crippen LogP contribution is -2.22. The van der Waals surface area contributed by atoms with Crippen molar-refractivity contribution in [2.45, 2.75) is 11.1 Å². The Morgan fingerprint density at radius 3 is 2.44 bits per heavy atom. The molecule has 0 atom stereocenters. The zero-order chi connectivity index (χ0) is 18.4. The van der Waals surface area contributed by atoms with Gasteiger partial charge in [-0.25, -0.2) is 8.78 Å². The van der Waals surface area contributed by atoms with Crippen LogP contribution in [0.2, 0.25) is 0 Å². The Morgan fingerprint density at radius 2 is 1.76 bits per heavy atom. The monoisotopic (exact) mass is 376 g/mol. The summed E-state index contributed by atoms with van der Waals surface area (Å²) < 4.78 is 63.3. The number of thioether (sulfide) groups is 1. The van der Waals surface area contributed by atoms with E-state index in [1.54, 1.807) is 12.1 Å². The van der Waals surface area contributed by atoms with Crippen LogP contribution < -0.4 is 10.6 Å². The molecule has 0 fully saturated rings. The van der Waals surface area contributed by atoms with Gasteiger partial charge in [0.25, 0.3) is 0 Å². The van der Waals surface area contributed by atoms with Crippen LogP contribution in [0, 0.1) is 11.6 Å². The number of anilines is 2. The van der Waals surface area contributed by atoms with E-state index >= 15 is 0 Å². The molecule has 9 heteroatoms. The van der Waals surface area contributed by atoms with E-state index in [1.165, 1.54) is 12.1 Å². The Kier molecular flexibility index (Phi) is 6.24. The van der Waals surface area contributed by atoms with Gasteiger partial charge in [0.2, 0.25) is 5.91 Å². The fourth-order valence-corrected chi connectivity index (χ4v) is 2.65. The molecular weight excluding hydrogens is 363 g/mol. The molecule has 25 heavy (non-hydrogen) atoms. The van der Waals surface area contributed by atoms with E-state index in [0.29, 0.717) is 28.4 Å². The van der Waals surface area contributed by atoms with Crippen LogP contribution in [0.4, 0.5) is 33.3 Å². The Hall–Kier alpha value is -2.29. The van der Waals surface area contributed by atoms with Crippen molar-refractivity contribution in [3.63, 3.8) is 0 Å². The van der Waals surface area contributed by atoms with Gasteiger partial charge in [-0.2, -0.15) is 13.2 Å². The summed E-state index contributed by atoms with van der Waals surface area (Å²) >= 11 is 0.593. The lowest BCUT2D eigenvalue weighted by atomic mass is 10.3. The first-order chi connectivity index (χ1) is 11.7. The molecule has 0 unspecified atom stereocenters. The average molecular weight is 376 g/mol. The molecule has 0 spiro atoms. The fraction of sp³-hybridized carbons (Fsp3) is 0.188. The number of amides is 1. The van der Waals surface area contributed by atoms with Crippen molar-refractivity contribution >= 4 is 29.0 Å². The largest absolute Gasteiger partial charge is 0.398 e. The molecule has 0 aromatic heterocycles. The Morgan fingerprint density at radius 1 is 1.04 bits per heavy atom. The number of para-hydroxylation sites is 1. The van der Waals surface area contributed by atoms with Crippen LogP contribution >= 0.6 is 11.8 Å². The van der Waals surface area contributed by atoms with E-state index in [1.807, 2.05) is 0 Å². The molecule has 0 bridgehead atoms. The molecule has 0 aliphatic carbocycles. The number of halogens is 5. The standard InChI is InChI=1S/C16H13F5N2OS/c17-10-5-6-12(11(18)7-10)23-15(24)8-22-13-3-1-2-4-14(13)25-9-16(19,20)21/h1-7,22H,8-9H2,(H,23,24). The number of carbonyl (C=O) groups is 1.